The number of hydrogen-bond acceptors (Lipinski definition) is 7. The Morgan fingerprint density at radius 2 is 1.84 bits per heavy atom. The Hall–Kier alpha value is -2.46. The van der Waals surface area contributed by atoms with Crippen LogP contribution in [0.25, 0.3) is 0 Å². The molecule has 1 aromatic rings. The molecule has 1 rings (SSSR count). The van der Waals surface area contributed by atoms with Crippen molar-refractivity contribution in [2.24, 2.45) is 0 Å². The summed E-state index contributed by atoms with van der Waals surface area (Å²) in [5.74, 6) is -1.76. The lowest BCUT2D eigenvalue weighted by atomic mass is 10.2. The van der Waals surface area contributed by atoms with Gasteiger partial charge >= 0.3 is 12.1 Å². The van der Waals surface area contributed by atoms with E-state index in [2.05, 4.69) is 9.46 Å². The second kappa shape index (κ2) is 9.74. The molecule has 0 bridgehead atoms. The van der Waals surface area contributed by atoms with Crippen LogP contribution in [-0.4, -0.2) is 46.1 Å². The highest BCUT2D eigenvalue weighted by atomic mass is 32.2. The second-order valence-electron chi connectivity index (χ2n) is 4.77. The van der Waals surface area contributed by atoms with Crippen LogP contribution in [0.3, 0.4) is 0 Å². The fourth-order valence-corrected chi connectivity index (χ4v) is 2.82. The maximum absolute atomic E-state index is 12.0. The van der Waals surface area contributed by atoms with E-state index in [-0.39, 0.29) is 23.6 Å². The number of hydrogen-bond donors (Lipinski definition) is 2. The molecular formula is C15H20N2O7S. The van der Waals surface area contributed by atoms with Crippen LogP contribution in [0.1, 0.15) is 30.6 Å². The van der Waals surface area contributed by atoms with Gasteiger partial charge in [0.1, 0.15) is 0 Å². The average molecular weight is 372 g/mol. The van der Waals surface area contributed by atoms with E-state index in [0.717, 1.165) is 6.07 Å². The SMILES string of the molecule is CCCNS(=O)(=O)c1cccc(C(=O)OCC(=O)NC(=O)OCC)c1. The number of sulfonamides is 1. The number of carbonyl (C=O) groups is 3. The van der Waals surface area contributed by atoms with Gasteiger partial charge in [-0.15, -0.1) is 0 Å². The molecule has 0 heterocycles. The Balaban J connectivity index is 2.69. The van der Waals surface area contributed by atoms with Crippen molar-refractivity contribution in [1.29, 1.82) is 0 Å². The zero-order chi connectivity index (χ0) is 18.9. The first-order valence-corrected chi connectivity index (χ1v) is 9.02. The minimum absolute atomic E-state index is 0.0386. The van der Waals surface area contributed by atoms with E-state index in [1.165, 1.54) is 18.2 Å². The van der Waals surface area contributed by atoms with Gasteiger partial charge in [-0.2, -0.15) is 0 Å². The number of imide groups is 1. The third-order valence-corrected chi connectivity index (χ3v) is 4.23. The summed E-state index contributed by atoms with van der Waals surface area (Å²) < 4.78 is 35.7. The van der Waals surface area contributed by atoms with Gasteiger partial charge in [-0.1, -0.05) is 13.0 Å². The number of benzene rings is 1. The number of carbonyl (C=O) groups excluding carboxylic acids is 3. The standard InChI is InChI=1S/C15H20N2O7S/c1-3-8-16-25(21,22)12-7-5-6-11(9-12)14(19)24-10-13(18)17-15(20)23-4-2/h5-7,9,16H,3-4,8,10H2,1-2H3,(H,17,18,20). The van der Waals surface area contributed by atoms with Crippen molar-refractivity contribution >= 4 is 28.0 Å². The van der Waals surface area contributed by atoms with E-state index in [1.54, 1.807) is 6.92 Å². The summed E-state index contributed by atoms with van der Waals surface area (Å²) in [7, 11) is -3.73. The van der Waals surface area contributed by atoms with Gasteiger partial charge in [0.2, 0.25) is 10.0 Å². The van der Waals surface area contributed by atoms with Crippen LogP contribution in [0, 0.1) is 0 Å². The molecule has 2 amide bonds. The molecule has 0 unspecified atom stereocenters. The van der Waals surface area contributed by atoms with Crippen molar-refractivity contribution in [2.45, 2.75) is 25.2 Å². The highest BCUT2D eigenvalue weighted by Gasteiger charge is 2.17. The van der Waals surface area contributed by atoms with E-state index in [1.807, 2.05) is 12.2 Å². The first kappa shape index (κ1) is 20.6. The van der Waals surface area contributed by atoms with Gasteiger partial charge in [-0.25, -0.2) is 22.7 Å². The van der Waals surface area contributed by atoms with E-state index < -0.39 is 34.6 Å². The predicted octanol–water partition coefficient (Wildman–Crippen LogP) is 0.804. The molecule has 9 nitrogen and oxygen atoms in total. The fraction of sp³-hybridized carbons (Fsp3) is 0.400. The van der Waals surface area contributed by atoms with Gasteiger partial charge in [0.05, 0.1) is 17.1 Å². The minimum atomic E-state index is -3.73. The van der Waals surface area contributed by atoms with Gasteiger partial charge in [0, 0.05) is 6.54 Å². The Labute approximate surface area is 145 Å². The summed E-state index contributed by atoms with van der Waals surface area (Å²) in [4.78, 5) is 34.3. The average Bonchev–Trinajstić information content (AvgIpc) is 2.58. The summed E-state index contributed by atoms with van der Waals surface area (Å²) in [6, 6.07) is 5.21. The summed E-state index contributed by atoms with van der Waals surface area (Å²) in [6.07, 6.45) is -0.324. The first-order valence-electron chi connectivity index (χ1n) is 7.53. The van der Waals surface area contributed by atoms with Crippen LogP contribution in [0.2, 0.25) is 0 Å². The van der Waals surface area contributed by atoms with Crippen molar-refractivity contribution in [3.63, 3.8) is 0 Å². The monoisotopic (exact) mass is 372 g/mol. The number of rotatable bonds is 8. The molecule has 0 saturated heterocycles. The summed E-state index contributed by atoms with van der Waals surface area (Å²) in [6.45, 7) is 3.04. The zero-order valence-electron chi connectivity index (χ0n) is 13.9. The lowest BCUT2D eigenvalue weighted by Gasteiger charge is -2.08. The maximum Gasteiger partial charge on any atom is 0.413 e. The van der Waals surface area contributed by atoms with Crippen molar-refractivity contribution in [2.75, 3.05) is 19.8 Å². The molecule has 2 N–H and O–H groups in total. The smallest absolute Gasteiger partial charge is 0.413 e. The van der Waals surface area contributed by atoms with Crippen LogP contribution in [0.15, 0.2) is 29.2 Å². The first-order chi connectivity index (χ1) is 11.8. The van der Waals surface area contributed by atoms with E-state index in [0.29, 0.717) is 6.42 Å². The third kappa shape index (κ3) is 6.89. The van der Waals surface area contributed by atoms with Crippen LogP contribution in [0.4, 0.5) is 4.79 Å². The van der Waals surface area contributed by atoms with Gasteiger partial charge in [-0.3, -0.25) is 10.1 Å². The van der Waals surface area contributed by atoms with Crippen LogP contribution < -0.4 is 10.0 Å². The molecule has 0 aromatic heterocycles. The molecule has 1 aromatic carbocycles. The van der Waals surface area contributed by atoms with Crippen LogP contribution in [0.5, 0.6) is 0 Å². The second-order valence-corrected chi connectivity index (χ2v) is 6.54. The summed E-state index contributed by atoms with van der Waals surface area (Å²) in [5.41, 5.74) is -0.0386. The molecule has 0 aliphatic rings. The third-order valence-electron chi connectivity index (χ3n) is 2.77. The molecule has 138 valence electrons. The minimum Gasteiger partial charge on any atom is -0.452 e. The Morgan fingerprint density at radius 1 is 1.12 bits per heavy atom. The van der Waals surface area contributed by atoms with Crippen molar-refractivity contribution in [3.8, 4) is 0 Å². The van der Waals surface area contributed by atoms with Crippen molar-refractivity contribution in [3.05, 3.63) is 29.8 Å². The molecule has 0 spiro atoms. The molecule has 0 saturated carbocycles. The molecule has 25 heavy (non-hydrogen) atoms. The molecule has 0 fully saturated rings. The van der Waals surface area contributed by atoms with E-state index >= 15 is 0 Å². The number of alkyl carbamates (subject to hydrolysis) is 1. The molecule has 0 aliphatic heterocycles. The van der Waals surface area contributed by atoms with Gasteiger partial charge in [0.15, 0.2) is 6.61 Å². The Bertz CT molecular complexity index is 731. The van der Waals surface area contributed by atoms with Gasteiger partial charge in [-0.05, 0) is 31.5 Å². The number of esters is 1. The number of ether oxygens (including phenoxy) is 2. The highest BCUT2D eigenvalue weighted by molar-refractivity contribution is 7.89. The maximum atomic E-state index is 12.0. The summed E-state index contributed by atoms with van der Waals surface area (Å²) >= 11 is 0. The van der Waals surface area contributed by atoms with Crippen molar-refractivity contribution < 1.29 is 32.3 Å². The predicted molar refractivity (Wildman–Crippen MR) is 87.4 cm³/mol. The van der Waals surface area contributed by atoms with Crippen molar-refractivity contribution in [1.82, 2.24) is 10.0 Å². The highest BCUT2D eigenvalue weighted by Crippen LogP contribution is 2.12. The summed E-state index contributed by atoms with van der Waals surface area (Å²) in [5, 5.41) is 1.86. The molecular weight excluding hydrogens is 352 g/mol. The van der Waals surface area contributed by atoms with Crippen LogP contribution >= 0.6 is 0 Å². The number of amides is 2. The largest absolute Gasteiger partial charge is 0.452 e. The fourth-order valence-electron chi connectivity index (χ4n) is 1.64. The molecule has 0 radical (unpaired) electrons. The lowest BCUT2D eigenvalue weighted by Crippen LogP contribution is -2.34. The molecule has 10 heteroatoms. The topological polar surface area (TPSA) is 128 Å². The Morgan fingerprint density at radius 3 is 2.48 bits per heavy atom. The zero-order valence-corrected chi connectivity index (χ0v) is 14.7. The normalized spacial score (nSPS) is 10.8. The van der Waals surface area contributed by atoms with E-state index in [4.69, 9.17) is 4.74 Å². The van der Waals surface area contributed by atoms with Gasteiger partial charge in [0.25, 0.3) is 5.91 Å². The van der Waals surface area contributed by atoms with E-state index in [9.17, 15) is 22.8 Å². The van der Waals surface area contributed by atoms with Crippen LogP contribution in [-0.2, 0) is 24.3 Å². The molecule has 0 aliphatic carbocycles. The lowest BCUT2D eigenvalue weighted by molar-refractivity contribution is -0.123. The number of nitrogens with one attached hydrogen (secondary N) is 2. The Kier molecular flexibility index (Phi) is 8.02. The quantitative estimate of drug-likeness (QED) is 0.646. The molecule has 0 atom stereocenters. The van der Waals surface area contributed by atoms with Gasteiger partial charge < -0.3 is 9.47 Å².